The van der Waals surface area contributed by atoms with Crippen LogP contribution in [-0.2, 0) is 14.3 Å². The second-order valence-corrected chi connectivity index (χ2v) is 9.60. The van der Waals surface area contributed by atoms with E-state index in [0.717, 1.165) is 34.0 Å². The monoisotopic (exact) mass is 455 g/mol. The van der Waals surface area contributed by atoms with E-state index in [1.807, 2.05) is 44.9 Å². The van der Waals surface area contributed by atoms with Gasteiger partial charge in [-0.2, -0.15) is 0 Å². The SMILES string of the molecule is CC[C@@H](C)NC(=O)CC1=CSC2=NC(C)=C(C(=O)OC(C)C)[C@H](c3ccc(C)cc3C)N12. The van der Waals surface area contributed by atoms with E-state index in [4.69, 9.17) is 9.73 Å². The molecule has 2 atom stereocenters. The van der Waals surface area contributed by atoms with Crippen molar-refractivity contribution < 1.29 is 14.3 Å². The second-order valence-electron chi connectivity index (χ2n) is 8.76. The Morgan fingerprint density at radius 2 is 1.94 bits per heavy atom. The number of aliphatic imine (C=N–C) groups is 1. The molecule has 6 nitrogen and oxygen atoms in total. The fraction of sp³-hybridized carbons (Fsp3) is 0.480. The molecule has 7 heteroatoms. The number of thioether (sulfide) groups is 1. The van der Waals surface area contributed by atoms with Gasteiger partial charge in [-0.3, -0.25) is 4.79 Å². The van der Waals surface area contributed by atoms with Crippen molar-refractivity contribution in [3.63, 3.8) is 0 Å². The highest BCUT2D eigenvalue weighted by atomic mass is 32.2. The van der Waals surface area contributed by atoms with Gasteiger partial charge in [0.1, 0.15) is 0 Å². The van der Waals surface area contributed by atoms with Crippen LogP contribution in [0.5, 0.6) is 0 Å². The maximum absolute atomic E-state index is 13.2. The Kier molecular flexibility index (Phi) is 7.49. The molecule has 2 heterocycles. The fourth-order valence-electron chi connectivity index (χ4n) is 3.93. The molecule has 0 saturated carbocycles. The van der Waals surface area contributed by atoms with Crippen molar-refractivity contribution in [2.75, 3.05) is 0 Å². The minimum atomic E-state index is -0.396. The van der Waals surface area contributed by atoms with E-state index in [-0.39, 0.29) is 30.4 Å². The summed E-state index contributed by atoms with van der Waals surface area (Å²) in [6.07, 6.45) is 0.856. The van der Waals surface area contributed by atoms with Crippen LogP contribution in [0.1, 0.15) is 70.2 Å². The Morgan fingerprint density at radius 1 is 1.22 bits per heavy atom. The first-order chi connectivity index (χ1) is 15.1. The van der Waals surface area contributed by atoms with Crippen LogP contribution < -0.4 is 5.32 Å². The Hall–Kier alpha value is -2.54. The van der Waals surface area contributed by atoms with E-state index in [1.54, 1.807) is 0 Å². The number of carbonyl (C=O) groups is 2. The van der Waals surface area contributed by atoms with Crippen LogP contribution in [0.25, 0.3) is 0 Å². The summed E-state index contributed by atoms with van der Waals surface area (Å²) >= 11 is 1.49. The molecule has 0 aliphatic carbocycles. The van der Waals surface area contributed by atoms with Crippen molar-refractivity contribution in [3.05, 3.63) is 57.3 Å². The van der Waals surface area contributed by atoms with Crippen LogP contribution >= 0.6 is 11.8 Å². The number of esters is 1. The van der Waals surface area contributed by atoms with Gasteiger partial charge in [-0.25, -0.2) is 9.79 Å². The number of ether oxygens (including phenoxy) is 1. The molecule has 0 aromatic heterocycles. The molecule has 172 valence electrons. The number of hydrogen-bond donors (Lipinski definition) is 1. The number of nitrogens with one attached hydrogen (secondary N) is 1. The molecule has 0 bridgehead atoms. The highest BCUT2D eigenvalue weighted by molar-refractivity contribution is 8.16. The zero-order chi connectivity index (χ0) is 23.6. The summed E-state index contributed by atoms with van der Waals surface area (Å²) < 4.78 is 5.61. The van der Waals surface area contributed by atoms with Crippen LogP contribution in [0.15, 0.2) is 45.6 Å². The molecule has 0 fully saturated rings. The first kappa shape index (κ1) is 24.1. The van der Waals surface area contributed by atoms with Gasteiger partial charge in [-0.15, -0.1) is 0 Å². The van der Waals surface area contributed by atoms with Crippen molar-refractivity contribution in [1.82, 2.24) is 10.2 Å². The molecule has 2 aliphatic heterocycles. The lowest BCUT2D eigenvalue weighted by Crippen LogP contribution is -2.39. The van der Waals surface area contributed by atoms with Crippen LogP contribution in [0.2, 0.25) is 0 Å². The Labute approximate surface area is 195 Å². The third-order valence-electron chi connectivity index (χ3n) is 5.64. The van der Waals surface area contributed by atoms with E-state index in [1.165, 1.54) is 11.8 Å². The van der Waals surface area contributed by atoms with Gasteiger partial charge in [0.05, 0.1) is 29.8 Å². The molecule has 2 aliphatic rings. The van der Waals surface area contributed by atoms with Crippen molar-refractivity contribution in [1.29, 1.82) is 0 Å². The zero-order valence-corrected chi connectivity index (χ0v) is 20.8. The number of fused-ring (bicyclic) bond motifs is 1. The van der Waals surface area contributed by atoms with E-state index in [9.17, 15) is 9.59 Å². The Balaban J connectivity index is 2.05. The fourth-order valence-corrected chi connectivity index (χ4v) is 4.89. The van der Waals surface area contributed by atoms with E-state index in [2.05, 4.69) is 37.4 Å². The lowest BCUT2D eigenvalue weighted by atomic mass is 9.90. The highest BCUT2D eigenvalue weighted by Crippen LogP contribution is 2.45. The predicted molar refractivity (Wildman–Crippen MR) is 130 cm³/mol. The molecular weight excluding hydrogens is 422 g/mol. The van der Waals surface area contributed by atoms with Crippen LogP contribution in [0.4, 0.5) is 0 Å². The Bertz CT molecular complexity index is 1010. The van der Waals surface area contributed by atoms with Crippen molar-refractivity contribution >= 4 is 28.8 Å². The lowest BCUT2D eigenvalue weighted by Gasteiger charge is -2.37. The summed E-state index contributed by atoms with van der Waals surface area (Å²) in [7, 11) is 0. The molecule has 0 saturated heterocycles. The van der Waals surface area contributed by atoms with Gasteiger partial charge in [0.25, 0.3) is 0 Å². The van der Waals surface area contributed by atoms with Crippen LogP contribution in [0, 0.1) is 13.8 Å². The molecule has 3 rings (SSSR count). The third kappa shape index (κ3) is 5.09. The number of amides is 1. The molecule has 0 unspecified atom stereocenters. The first-order valence-corrected chi connectivity index (χ1v) is 12.0. The minimum Gasteiger partial charge on any atom is -0.459 e. The molecule has 1 aromatic rings. The van der Waals surface area contributed by atoms with Crippen molar-refractivity contribution in [3.8, 4) is 0 Å². The van der Waals surface area contributed by atoms with Gasteiger partial charge in [-0.05, 0) is 64.5 Å². The lowest BCUT2D eigenvalue weighted by molar-refractivity contribution is -0.143. The Morgan fingerprint density at radius 3 is 2.56 bits per heavy atom. The van der Waals surface area contributed by atoms with Crippen molar-refractivity contribution in [2.45, 2.75) is 79.5 Å². The maximum atomic E-state index is 13.2. The second kappa shape index (κ2) is 9.94. The first-order valence-electron chi connectivity index (χ1n) is 11.1. The van der Waals surface area contributed by atoms with Gasteiger partial charge in [0.15, 0.2) is 5.17 Å². The van der Waals surface area contributed by atoms with Gasteiger partial charge >= 0.3 is 5.97 Å². The third-order valence-corrected chi connectivity index (χ3v) is 6.53. The topological polar surface area (TPSA) is 71.0 Å². The molecule has 1 aromatic carbocycles. The minimum absolute atomic E-state index is 0.0376. The van der Waals surface area contributed by atoms with E-state index >= 15 is 0 Å². The molecule has 1 amide bonds. The number of benzene rings is 1. The zero-order valence-electron chi connectivity index (χ0n) is 20.0. The summed E-state index contributed by atoms with van der Waals surface area (Å²) in [5, 5.41) is 5.78. The van der Waals surface area contributed by atoms with Gasteiger partial charge in [0, 0.05) is 11.7 Å². The molecule has 1 N–H and O–H groups in total. The largest absolute Gasteiger partial charge is 0.459 e. The molecular formula is C25H33N3O3S. The number of amidine groups is 1. The number of aryl methyl sites for hydroxylation is 2. The highest BCUT2D eigenvalue weighted by Gasteiger charge is 2.41. The number of nitrogens with zero attached hydrogens (tertiary/aromatic N) is 2. The van der Waals surface area contributed by atoms with Gasteiger partial charge in [0.2, 0.25) is 5.91 Å². The average molecular weight is 456 g/mol. The molecule has 0 spiro atoms. The van der Waals surface area contributed by atoms with Crippen LogP contribution in [0.3, 0.4) is 0 Å². The number of hydrogen-bond acceptors (Lipinski definition) is 6. The summed E-state index contributed by atoms with van der Waals surface area (Å²) in [4.78, 5) is 32.6. The van der Waals surface area contributed by atoms with Gasteiger partial charge in [-0.1, -0.05) is 42.4 Å². The van der Waals surface area contributed by atoms with E-state index < -0.39 is 6.04 Å². The normalized spacial score (nSPS) is 18.9. The summed E-state index contributed by atoms with van der Waals surface area (Å²) in [6, 6.07) is 5.95. The van der Waals surface area contributed by atoms with Crippen LogP contribution in [-0.4, -0.2) is 34.1 Å². The smallest absolute Gasteiger partial charge is 0.338 e. The summed E-state index contributed by atoms with van der Waals surface area (Å²) in [6.45, 7) is 13.7. The summed E-state index contributed by atoms with van der Waals surface area (Å²) in [5.41, 5.74) is 5.25. The number of carbonyl (C=O) groups excluding carboxylic acids is 2. The van der Waals surface area contributed by atoms with E-state index in [0.29, 0.717) is 11.3 Å². The standard InChI is InChI=1S/C25H33N3O3S/c1-8-17(6)26-21(29)12-19-13-32-25-27-18(7)22(24(30)31-14(2)3)23(28(19)25)20-10-9-15(4)11-16(20)5/h9-11,13-14,17,23H,8,12H2,1-7H3,(H,26,29)/t17-,23+/m1/s1. The van der Waals surface area contributed by atoms with Gasteiger partial charge < -0.3 is 15.0 Å². The number of allylic oxidation sites excluding steroid dienone is 1. The quantitative estimate of drug-likeness (QED) is 0.577. The molecule has 32 heavy (non-hydrogen) atoms. The average Bonchev–Trinajstić information content (AvgIpc) is 3.08. The number of rotatable bonds is 7. The summed E-state index contributed by atoms with van der Waals surface area (Å²) in [5.74, 6) is -0.407. The predicted octanol–water partition coefficient (Wildman–Crippen LogP) is 5.13. The van der Waals surface area contributed by atoms with Crippen molar-refractivity contribution in [2.24, 2.45) is 4.99 Å². The molecule has 0 radical (unpaired) electrons. The maximum Gasteiger partial charge on any atom is 0.338 e.